The number of morpholine rings is 1. The van der Waals surface area contributed by atoms with Gasteiger partial charge in [0, 0.05) is 39.3 Å². The Balaban J connectivity index is 1.77. The second-order valence-electron chi connectivity index (χ2n) is 4.25. The second kappa shape index (κ2) is 5.16. The van der Waals surface area contributed by atoms with Gasteiger partial charge in [0.2, 0.25) is 0 Å². The number of nitrogens with one attached hydrogen (secondary N) is 1. The molecule has 6 nitrogen and oxygen atoms in total. The van der Waals surface area contributed by atoms with Gasteiger partial charge in [-0.15, -0.1) is 0 Å². The average Bonchev–Trinajstić information content (AvgIpc) is 2.90. The van der Waals surface area contributed by atoms with Gasteiger partial charge in [-0.05, 0) is 0 Å². The Kier molecular flexibility index (Phi) is 3.39. The molecule has 0 amide bonds. The Morgan fingerprint density at radius 1 is 0.941 bits per heavy atom. The fourth-order valence-electron chi connectivity index (χ4n) is 2.23. The van der Waals surface area contributed by atoms with Crippen molar-refractivity contribution in [2.24, 2.45) is 0 Å². The van der Waals surface area contributed by atoms with E-state index in [0.29, 0.717) is 0 Å². The topological polar surface area (TPSA) is 53.5 Å². The van der Waals surface area contributed by atoms with E-state index in [-0.39, 0.29) is 0 Å². The lowest BCUT2D eigenvalue weighted by Gasteiger charge is -2.32. The highest BCUT2D eigenvalue weighted by Gasteiger charge is 2.23. The fourth-order valence-corrected chi connectivity index (χ4v) is 2.82. The molecule has 3 heterocycles. The first-order valence-electron chi connectivity index (χ1n) is 6.06. The smallest absolute Gasteiger partial charge is 0.187 e. The summed E-state index contributed by atoms with van der Waals surface area (Å²) in [5, 5.41) is 3.36. The molecule has 0 atom stereocenters. The van der Waals surface area contributed by atoms with Gasteiger partial charge in [-0.3, -0.25) is 0 Å². The van der Waals surface area contributed by atoms with Gasteiger partial charge < -0.3 is 19.9 Å². The van der Waals surface area contributed by atoms with Gasteiger partial charge in [-0.25, -0.2) is 0 Å². The lowest BCUT2D eigenvalue weighted by atomic mass is 10.3. The monoisotopic (exact) mass is 255 g/mol. The zero-order valence-electron chi connectivity index (χ0n) is 9.76. The first-order chi connectivity index (χ1) is 8.45. The van der Waals surface area contributed by atoms with Gasteiger partial charge in [0.15, 0.2) is 11.6 Å². The summed E-state index contributed by atoms with van der Waals surface area (Å²) >= 11 is 1.31. The number of hydrogen-bond acceptors (Lipinski definition) is 7. The molecule has 2 aliphatic heterocycles. The molecular weight excluding hydrogens is 238 g/mol. The minimum absolute atomic E-state index is 0.790. The van der Waals surface area contributed by atoms with Crippen molar-refractivity contribution in [3.05, 3.63) is 0 Å². The molecule has 2 aliphatic rings. The third kappa shape index (κ3) is 2.36. The molecule has 7 heteroatoms. The van der Waals surface area contributed by atoms with E-state index in [1.165, 1.54) is 11.7 Å². The van der Waals surface area contributed by atoms with Crippen molar-refractivity contribution in [2.45, 2.75) is 0 Å². The number of nitrogens with zero attached hydrogens (tertiary/aromatic N) is 4. The molecule has 3 rings (SSSR count). The third-order valence-electron chi connectivity index (χ3n) is 3.18. The second-order valence-corrected chi connectivity index (χ2v) is 4.78. The number of piperazine rings is 1. The maximum atomic E-state index is 5.37. The average molecular weight is 255 g/mol. The van der Waals surface area contributed by atoms with E-state index in [1.54, 1.807) is 0 Å². The lowest BCUT2D eigenvalue weighted by molar-refractivity contribution is 0.122. The van der Waals surface area contributed by atoms with E-state index >= 15 is 0 Å². The quantitative estimate of drug-likeness (QED) is 0.789. The van der Waals surface area contributed by atoms with Crippen molar-refractivity contribution in [2.75, 3.05) is 62.3 Å². The van der Waals surface area contributed by atoms with Crippen LogP contribution in [0.5, 0.6) is 0 Å². The van der Waals surface area contributed by atoms with Crippen molar-refractivity contribution in [3.63, 3.8) is 0 Å². The molecule has 1 aromatic heterocycles. The SMILES string of the molecule is C1CN(c2nsnc2N2CCOCC2)CCN1. The Hall–Kier alpha value is -0.920. The number of ether oxygens (including phenoxy) is 1. The zero-order valence-corrected chi connectivity index (χ0v) is 10.6. The highest BCUT2D eigenvalue weighted by molar-refractivity contribution is 6.99. The molecule has 1 aromatic rings. The van der Waals surface area contributed by atoms with E-state index < -0.39 is 0 Å². The summed E-state index contributed by atoms with van der Waals surface area (Å²) in [5.74, 6) is 2.10. The summed E-state index contributed by atoms with van der Waals surface area (Å²) in [7, 11) is 0. The molecule has 0 aliphatic carbocycles. The van der Waals surface area contributed by atoms with E-state index in [2.05, 4.69) is 23.9 Å². The highest BCUT2D eigenvalue weighted by atomic mass is 32.1. The highest BCUT2D eigenvalue weighted by Crippen LogP contribution is 2.27. The third-order valence-corrected chi connectivity index (χ3v) is 3.69. The van der Waals surface area contributed by atoms with Crippen LogP contribution in [0.1, 0.15) is 0 Å². The summed E-state index contributed by atoms with van der Waals surface area (Å²) in [6, 6.07) is 0. The van der Waals surface area contributed by atoms with Crippen LogP contribution in [0.25, 0.3) is 0 Å². The van der Waals surface area contributed by atoms with Crippen LogP contribution in [-0.4, -0.2) is 61.2 Å². The predicted molar refractivity (Wildman–Crippen MR) is 68.0 cm³/mol. The standard InChI is InChI=1S/C10H17N5OS/c1-3-14(4-2-11-1)9-10(13-17-12-9)15-5-7-16-8-6-15/h11H,1-8H2. The minimum atomic E-state index is 0.790. The summed E-state index contributed by atoms with van der Waals surface area (Å²) in [6.07, 6.45) is 0. The maximum absolute atomic E-state index is 5.37. The first kappa shape index (κ1) is 11.2. The Morgan fingerprint density at radius 3 is 2.18 bits per heavy atom. The van der Waals surface area contributed by atoms with E-state index in [1.807, 2.05) is 0 Å². The van der Waals surface area contributed by atoms with Gasteiger partial charge in [-0.1, -0.05) is 0 Å². The lowest BCUT2D eigenvalue weighted by Crippen LogP contribution is -2.45. The largest absolute Gasteiger partial charge is 0.378 e. The number of anilines is 2. The number of rotatable bonds is 2. The van der Waals surface area contributed by atoms with Gasteiger partial charge >= 0.3 is 0 Å². The Morgan fingerprint density at radius 2 is 1.53 bits per heavy atom. The zero-order chi connectivity index (χ0) is 11.5. The summed E-state index contributed by atoms with van der Waals surface area (Å²) in [4.78, 5) is 4.61. The molecule has 0 spiro atoms. The molecule has 2 fully saturated rings. The fraction of sp³-hybridized carbons (Fsp3) is 0.800. The predicted octanol–water partition coefficient (Wildman–Crippen LogP) is -0.216. The van der Waals surface area contributed by atoms with Gasteiger partial charge in [-0.2, -0.15) is 8.75 Å². The van der Waals surface area contributed by atoms with Crippen LogP contribution < -0.4 is 15.1 Å². The molecule has 0 bridgehead atoms. The van der Waals surface area contributed by atoms with E-state index in [0.717, 1.165) is 64.1 Å². The molecule has 0 aromatic carbocycles. The number of aromatic nitrogens is 2. The maximum Gasteiger partial charge on any atom is 0.187 e. The molecule has 1 N–H and O–H groups in total. The van der Waals surface area contributed by atoms with Crippen molar-refractivity contribution in [1.82, 2.24) is 14.1 Å². The van der Waals surface area contributed by atoms with Crippen molar-refractivity contribution >= 4 is 23.4 Å². The normalized spacial score (nSPS) is 21.9. The van der Waals surface area contributed by atoms with Crippen LogP contribution in [0, 0.1) is 0 Å². The van der Waals surface area contributed by atoms with Crippen LogP contribution >= 0.6 is 11.7 Å². The van der Waals surface area contributed by atoms with E-state index in [4.69, 9.17) is 4.74 Å². The Labute approximate surface area is 105 Å². The molecule has 2 saturated heterocycles. The molecule has 0 radical (unpaired) electrons. The minimum Gasteiger partial charge on any atom is -0.378 e. The van der Waals surface area contributed by atoms with Crippen molar-refractivity contribution in [1.29, 1.82) is 0 Å². The van der Waals surface area contributed by atoms with Crippen LogP contribution in [-0.2, 0) is 4.74 Å². The van der Waals surface area contributed by atoms with Crippen LogP contribution in [0.4, 0.5) is 11.6 Å². The Bertz CT molecular complexity index is 327. The van der Waals surface area contributed by atoms with Crippen molar-refractivity contribution < 1.29 is 4.74 Å². The molecular formula is C10H17N5OS. The summed E-state index contributed by atoms with van der Waals surface area (Å²) < 4.78 is 14.3. The van der Waals surface area contributed by atoms with Crippen LogP contribution in [0.3, 0.4) is 0 Å². The first-order valence-corrected chi connectivity index (χ1v) is 6.79. The van der Waals surface area contributed by atoms with Gasteiger partial charge in [0.25, 0.3) is 0 Å². The van der Waals surface area contributed by atoms with E-state index in [9.17, 15) is 0 Å². The van der Waals surface area contributed by atoms with Crippen LogP contribution in [0.2, 0.25) is 0 Å². The summed E-state index contributed by atoms with van der Waals surface area (Å²) in [5.41, 5.74) is 0. The molecule has 0 saturated carbocycles. The van der Waals surface area contributed by atoms with Gasteiger partial charge in [0.1, 0.15) is 0 Å². The van der Waals surface area contributed by atoms with Crippen molar-refractivity contribution in [3.8, 4) is 0 Å². The molecule has 17 heavy (non-hydrogen) atoms. The molecule has 94 valence electrons. The van der Waals surface area contributed by atoms with Crippen LogP contribution in [0.15, 0.2) is 0 Å². The number of hydrogen-bond donors (Lipinski definition) is 1. The summed E-state index contributed by atoms with van der Waals surface area (Å²) in [6.45, 7) is 7.51. The van der Waals surface area contributed by atoms with Gasteiger partial charge in [0.05, 0.1) is 24.9 Å². The molecule has 0 unspecified atom stereocenters.